The molecule has 1 N–H and O–H groups in total. The number of amides is 1. The Bertz CT molecular complexity index is 213. The summed E-state index contributed by atoms with van der Waals surface area (Å²) < 4.78 is 0. The van der Waals surface area contributed by atoms with E-state index in [-0.39, 0.29) is 5.91 Å². The van der Waals surface area contributed by atoms with Crippen LogP contribution < -0.4 is 5.32 Å². The summed E-state index contributed by atoms with van der Waals surface area (Å²) in [6, 6.07) is 0. The van der Waals surface area contributed by atoms with Crippen molar-refractivity contribution in [2.24, 2.45) is 5.92 Å². The maximum absolute atomic E-state index is 11.5. The van der Waals surface area contributed by atoms with Gasteiger partial charge in [0.15, 0.2) is 0 Å². The third-order valence-electron chi connectivity index (χ3n) is 3.28. The molecule has 3 heteroatoms. The number of hydrogen-bond acceptors (Lipinski definition) is 2. The van der Waals surface area contributed by atoms with Gasteiger partial charge >= 0.3 is 0 Å². The van der Waals surface area contributed by atoms with Gasteiger partial charge in [0.1, 0.15) is 0 Å². The molecule has 0 radical (unpaired) electrons. The standard InChI is InChI=1S/C11H20N2O/c1-2-10-12-8-11(14)13(10)7-3-4-9-5-6-9/h9-10,12H,2-8H2,1H3. The molecule has 1 heterocycles. The lowest BCUT2D eigenvalue weighted by atomic mass is 10.2. The minimum atomic E-state index is 0.285. The molecule has 1 unspecified atom stereocenters. The van der Waals surface area contributed by atoms with Gasteiger partial charge in [0.25, 0.3) is 0 Å². The Morgan fingerprint density at radius 1 is 1.50 bits per heavy atom. The van der Waals surface area contributed by atoms with Crippen LogP contribution in [0.4, 0.5) is 0 Å². The third kappa shape index (κ3) is 2.27. The fourth-order valence-corrected chi connectivity index (χ4v) is 2.19. The fourth-order valence-electron chi connectivity index (χ4n) is 2.19. The van der Waals surface area contributed by atoms with Crippen LogP contribution in [0.2, 0.25) is 0 Å². The van der Waals surface area contributed by atoms with Crippen LogP contribution in [0, 0.1) is 5.92 Å². The molecule has 1 atom stereocenters. The van der Waals surface area contributed by atoms with Gasteiger partial charge in [0.2, 0.25) is 5.91 Å². The molecule has 1 saturated heterocycles. The second-order valence-electron chi connectivity index (χ2n) is 4.48. The molecule has 0 spiro atoms. The zero-order chi connectivity index (χ0) is 9.97. The maximum atomic E-state index is 11.5. The third-order valence-corrected chi connectivity index (χ3v) is 3.28. The molecule has 14 heavy (non-hydrogen) atoms. The first-order chi connectivity index (χ1) is 6.81. The van der Waals surface area contributed by atoms with Crippen molar-refractivity contribution in [2.45, 2.75) is 45.2 Å². The second-order valence-corrected chi connectivity index (χ2v) is 4.48. The first-order valence-corrected chi connectivity index (χ1v) is 5.84. The molecule has 2 fully saturated rings. The van der Waals surface area contributed by atoms with E-state index < -0.39 is 0 Å². The lowest BCUT2D eigenvalue weighted by Gasteiger charge is -2.22. The minimum absolute atomic E-state index is 0.285. The van der Waals surface area contributed by atoms with E-state index >= 15 is 0 Å². The highest BCUT2D eigenvalue weighted by atomic mass is 16.2. The molecule has 0 aromatic heterocycles. The summed E-state index contributed by atoms with van der Waals surface area (Å²) in [4.78, 5) is 13.5. The summed E-state index contributed by atoms with van der Waals surface area (Å²) in [5, 5.41) is 3.24. The Balaban J connectivity index is 1.72. The van der Waals surface area contributed by atoms with E-state index in [1.165, 1.54) is 25.7 Å². The Kier molecular flexibility index (Phi) is 3.06. The first kappa shape index (κ1) is 9.97. The molecule has 1 aliphatic heterocycles. The van der Waals surface area contributed by atoms with Crippen LogP contribution in [0.5, 0.6) is 0 Å². The summed E-state index contributed by atoms with van der Waals surface area (Å²) in [7, 11) is 0. The van der Waals surface area contributed by atoms with E-state index in [0.29, 0.717) is 12.7 Å². The lowest BCUT2D eigenvalue weighted by Crippen LogP contribution is -2.37. The first-order valence-electron chi connectivity index (χ1n) is 5.84. The summed E-state index contributed by atoms with van der Waals surface area (Å²) in [5.41, 5.74) is 0. The number of hydrogen-bond donors (Lipinski definition) is 1. The molecule has 2 aliphatic rings. The number of carbonyl (C=O) groups is 1. The lowest BCUT2D eigenvalue weighted by molar-refractivity contribution is -0.128. The Labute approximate surface area is 85.8 Å². The van der Waals surface area contributed by atoms with E-state index in [9.17, 15) is 4.79 Å². The molecule has 2 rings (SSSR count). The highest BCUT2D eigenvalue weighted by Gasteiger charge is 2.29. The van der Waals surface area contributed by atoms with E-state index in [2.05, 4.69) is 12.2 Å². The Hall–Kier alpha value is -0.570. The summed E-state index contributed by atoms with van der Waals surface area (Å²) in [6.45, 7) is 3.63. The SMILES string of the molecule is CCC1NCC(=O)N1CCCC1CC1. The van der Waals surface area contributed by atoms with Crippen molar-refractivity contribution in [1.29, 1.82) is 0 Å². The van der Waals surface area contributed by atoms with Crippen molar-refractivity contribution in [3.63, 3.8) is 0 Å². The van der Waals surface area contributed by atoms with Crippen molar-refractivity contribution < 1.29 is 4.79 Å². The summed E-state index contributed by atoms with van der Waals surface area (Å²) in [5.74, 6) is 1.27. The fraction of sp³-hybridized carbons (Fsp3) is 0.909. The van der Waals surface area contributed by atoms with Crippen LogP contribution in [-0.4, -0.2) is 30.1 Å². The van der Waals surface area contributed by atoms with Gasteiger partial charge in [0, 0.05) is 6.54 Å². The van der Waals surface area contributed by atoms with Gasteiger partial charge in [-0.3, -0.25) is 10.1 Å². The van der Waals surface area contributed by atoms with Crippen LogP contribution in [0.15, 0.2) is 0 Å². The number of nitrogens with one attached hydrogen (secondary N) is 1. The van der Waals surface area contributed by atoms with Gasteiger partial charge in [0.05, 0.1) is 12.7 Å². The largest absolute Gasteiger partial charge is 0.326 e. The van der Waals surface area contributed by atoms with E-state index in [4.69, 9.17) is 0 Å². The van der Waals surface area contributed by atoms with Crippen LogP contribution >= 0.6 is 0 Å². The smallest absolute Gasteiger partial charge is 0.237 e. The molecule has 1 amide bonds. The number of rotatable bonds is 5. The number of nitrogens with zero attached hydrogens (tertiary/aromatic N) is 1. The Morgan fingerprint density at radius 3 is 2.93 bits per heavy atom. The predicted molar refractivity (Wildman–Crippen MR) is 55.8 cm³/mol. The maximum Gasteiger partial charge on any atom is 0.237 e. The van der Waals surface area contributed by atoms with Crippen LogP contribution in [0.25, 0.3) is 0 Å². The number of carbonyl (C=O) groups excluding carboxylic acids is 1. The predicted octanol–water partition coefficient (Wildman–Crippen LogP) is 1.34. The minimum Gasteiger partial charge on any atom is -0.326 e. The van der Waals surface area contributed by atoms with E-state index in [1.807, 2.05) is 4.90 Å². The monoisotopic (exact) mass is 196 g/mol. The van der Waals surface area contributed by atoms with Crippen LogP contribution in [0.3, 0.4) is 0 Å². The molecule has 0 aromatic carbocycles. The topological polar surface area (TPSA) is 32.3 Å². The van der Waals surface area contributed by atoms with Gasteiger partial charge in [-0.2, -0.15) is 0 Å². The van der Waals surface area contributed by atoms with Crippen molar-refractivity contribution in [1.82, 2.24) is 10.2 Å². The van der Waals surface area contributed by atoms with Crippen molar-refractivity contribution in [2.75, 3.05) is 13.1 Å². The highest BCUT2D eigenvalue weighted by molar-refractivity contribution is 5.80. The summed E-state index contributed by atoms with van der Waals surface area (Å²) in [6.07, 6.45) is 6.68. The van der Waals surface area contributed by atoms with E-state index in [0.717, 1.165) is 18.9 Å². The molecule has 0 bridgehead atoms. The molecule has 3 nitrogen and oxygen atoms in total. The van der Waals surface area contributed by atoms with Crippen LogP contribution in [-0.2, 0) is 4.79 Å². The molecule has 1 saturated carbocycles. The molecule has 0 aromatic rings. The molecule has 1 aliphatic carbocycles. The Morgan fingerprint density at radius 2 is 2.29 bits per heavy atom. The van der Waals surface area contributed by atoms with Gasteiger partial charge < -0.3 is 4.90 Å². The van der Waals surface area contributed by atoms with Gasteiger partial charge in [-0.1, -0.05) is 19.8 Å². The van der Waals surface area contributed by atoms with Gasteiger partial charge in [-0.15, -0.1) is 0 Å². The average Bonchev–Trinajstić information content (AvgIpc) is 2.93. The summed E-state index contributed by atoms with van der Waals surface area (Å²) >= 11 is 0. The molecule has 80 valence electrons. The second kappa shape index (κ2) is 4.30. The van der Waals surface area contributed by atoms with E-state index in [1.54, 1.807) is 0 Å². The molecular formula is C11H20N2O. The zero-order valence-corrected chi connectivity index (χ0v) is 8.96. The van der Waals surface area contributed by atoms with Crippen molar-refractivity contribution in [3.05, 3.63) is 0 Å². The van der Waals surface area contributed by atoms with Crippen molar-refractivity contribution in [3.8, 4) is 0 Å². The van der Waals surface area contributed by atoms with Crippen molar-refractivity contribution >= 4 is 5.91 Å². The van der Waals surface area contributed by atoms with Gasteiger partial charge in [-0.05, 0) is 25.2 Å². The molecular weight excluding hydrogens is 176 g/mol. The zero-order valence-electron chi connectivity index (χ0n) is 8.96. The van der Waals surface area contributed by atoms with Crippen LogP contribution in [0.1, 0.15) is 39.0 Å². The van der Waals surface area contributed by atoms with Gasteiger partial charge in [-0.25, -0.2) is 0 Å². The quantitative estimate of drug-likeness (QED) is 0.719. The normalized spacial score (nSPS) is 27.4. The average molecular weight is 196 g/mol. The highest BCUT2D eigenvalue weighted by Crippen LogP contribution is 2.33.